The zero-order valence-corrected chi connectivity index (χ0v) is 43.6. The smallest absolute Gasteiger partial charge is 0.255 e. The second-order valence-electron chi connectivity index (χ2n) is 20.0. The number of methoxy groups -OCH3 is 1. The van der Waals surface area contributed by atoms with E-state index in [2.05, 4.69) is 91.6 Å². The summed E-state index contributed by atoms with van der Waals surface area (Å²) in [6, 6.07) is 14.2. The van der Waals surface area contributed by atoms with Crippen molar-refractivity contribution in [2.24, 2.45) is 5.92 Å². The number of halogens is 1. The molecule has 19 heteroatoms. The Morgan fingerprint density at radius 1 is 0.845 bits per heavy atom. The number of fused-ring (bicyclic) bond motifs is 2. The largest absolute Gasteiger partial charge is 0.494 e. The first kappa shape index (κ1) is 48.9. The van der Waals surface area contributed by atoms with Crippen molar-refractivity contribution in [3.63, 3.8) is 0 Å². The number of piperazine rings is 1. The highest BCUT2D eigenvalue weighted by Gasteiger charge is 2.39. The van der Waals surface area contributed by atoms with Crippen LogP contribution >= 0.6 is 23.1 Å². The van der Waals surface area contributed by atoms with Crippen LogP contribution in [0, 0.1) is 5.92 Å². The number of amides is 3. The summed E-state index contributed by atoms with van der Waals surface area (Å²) in [5, 5.41) is 9.83. The predicted octanol–water partition coefficient (Wildman–Crippen LogP) is 7.14. The van der Waals surface area contributed by atoms with Crippen molar-refractivity contribution in [1.82, 2.24) is 40.0 Å². The lowest BCUT2D eigenvalue weighted by Crippen LogP contribution is -2.53. The van der Waals surface area contributed by atoms with E-state index >= 15 is 0 Å². The van der Waals surface area contributed by atoms with Gasteiger partial charge in [-0.05, 0) is 128 Å². The first-order chi connectivity index (χ1) is 34.3. The molecule has 71 heavy (non-hydrogen) atoms. The first-order valence-electron chi connectivity index (χ1n) is 25.1. The summed E-state index contributed by atoms with van der Waals surface area (Å²) >= 11 is 3.61. The zero-order valence-electron chi connectivity index (χ0n) is 41.1. The summed E-state index contributed by atoms with van der Waals surface area (Å²) in [5.74, 6) is 1.56. The minimum atomic E-state index is -2.77. The maximum Gasteiger partial charge on any atom is 0.255 e. The van der Waals surface area contributed by atoms with Crippen LogP contribution in [0.5, 0.6) is 5.75 Å². The molecule has 5 aromatic rings. The Morgan fingerprint density at radius 3 is 2.34 bits per heavy atom. The molecule has 0 aliphatic carbocycles. The van der Waals surface area contributed by atoms with E-state index in [0.29, 0.717) is 74.5 Å². The molecule has 1 unspecified atom stereocenters. The van der Waals surface area contributed by atoms with Crippen LogP contribution < -0.4 is 35.8 Å². The highest BCUT2D eigenvalue weighted by atomic mass is 79.9. The monoisotopic (exact) mass is 1050 g/mol. The summed E-state index contributed by atoms with van der Waals surface area (Å²) in [7, 11) is -1.08. The number of imide groups is 1. The number of anilines is 6. The van der Waals surface area contributed by atoms with Gasteiger partial charge in [0, 0.05) is 113 Å². The number of nitrogens with zero attached hydrogens (tertiary/aromatic N) is 9. The normalized spacial score (nSPS) is 19.9. The third-order valence-electron chi connectivity index (χ3n) is 15.3. The average Bonchev–Trinajstić information content (AvgIpc) is 3.70. The van der Waals surface area contributed by atoms with Gasteiger partial charge < -0.3 is 39.5 Å². The van der Waals surface area contributed by atoms with Gasteiger partial charge in [0.25, 0.3) is 5.91 Å². The first-order valence-corrected chi connectivity index (χ1v) is 28.5. The van der Waals surface area contributed by atoms with E-state index in [1.165, 1.54) is 17.7 Å². The number of aromatic nitrogens is 4. The third-order valence-corrected chi connectivity index (χ3v) is 17.4. The van der Waals surface area contributed by atoms with Crippen LogP contribution in [0.15, 0.2) is 65.5 Å². The molecule has 10 rings (SSSR count). The second-order valence-corrected chi connectivity index (χ2v) is 24.0. The van der Waals surface area contributed by atoms with E-state index in [4.69, 9.17) is 9.72 Å². The van der Waals surface area contributed by atoms with Crippen LogP contribution in [0.4, 0.5) is 34.5 Å². The zero-order chi connectivity index (χ0) is 49.4. The number of hydrogen-bond acceptors (Lipinski definition) is 15. The Labute approximate surface area is 424 Å². The van der Waals surface area contributed by atoms with Crippen molar-refractivity contribution in [3.05, 3.63) is 82.2 Å². The van der Waals surface area contributed by atoms with Crippen LogP contribution in [0.2, 0.25) is 0 Å². The fourth-order valence-corrected chi connectivity index (χ4v) is 13.0. The van der Waals surface area contributed by atoms with Crippen molar-refractivity contribution in [1.29, 1.82) is 0 Å². The highest BCUT2D eigenvalue weighted by molar-refractivity contribution is 9.10. The number of ether oxygens (including phenoxy) is 1. The number of carbonyl (C=O) groups is 3. The van der Waals surface area contributed by atoms with Crippen molar-refractivity contribution in [2.75, 3.05) is 99.8 Å². The Morgan fingerprint density at radius 2 is 1.61 bits per heavy atom. The molecule has 3 amide bonds. The molecule has 17 nitrogen and oxygen atoms in total. The molecule has 0 radical (unpaired) electrons. The fraction of sp³-hybridized carbons (Fsp3) is 0.481. The van der Waals surface area contributed by atoms with E-state index in [1.54, 1.807) is 43.9 Å². The van der Waals surface area contributed by atoms with E-state index in [-0.39, 0.29) is 24.1 Å². The molecule has 4 saturated heterocycles. The van der Waals surface area contributed by atoms with Crippen molar-refractivity contribution in [2.45, 2.75) is 76.9 Å². The molecule has 0 bridgehead atoms. The van der Waals surface area contributed by atoms with Crippen LogP contribution in [-0.2, 0) is 27.1 Å². The quantitative estimate of drug-likeness (QED) is 0.0754. The van der Waals surface area contributed by atoms with Gasteiger partial charge in [0.1, 0.15) is 30.3 Å². The van der Waals surface area contributed by atoms with Crippen LogP contribution in [-0.4, -0.2) is 144 Å². The molecule has 4 fully saturated rings. The van der Waals surface area contributed by atoms with Gasteiger partial charge in [-0.15, -0.1) is 0 Å². The topological polar surface area (TPSA) is 181 Å². The van der Waals surface area contributed by atoms with Gasteiger partial charge in [0.2, 0.25) is 17.8 Å². The van der Waals surface area contributed by atoms with Crippen LogP contribution in [0.3, 0.4) is 0 Å². The SMILES string of the molecule is CCc1cc(Nc2ncc(Br)c(Nc3ccc4nccnc4c3P(C)(C)=O)n2)c(OC)cc1N1CCC(N2CCN(CCC3CCN(c4ccc5c(c4)C(=O)N(C4CCC(=O)NC4=O)C5)CC3)CC2)CC1. The number of benzene rings is 3. The lowest BCUT2D eigenvalue weighted by Gasteiger charge is -2.44. The second kappa shape index (κ2) is 20.8. The third kappa shape index (κ3) is 10.5. The van der Waals surface area contributed by atoms with Gasteiger partial charge in [0.15, 0.2) is 0 Å². The van der Waals surface area contributed by atoms with Gasteiger partial charge in [-0.3, -0.25) is 34.6 Å². The number of hydrogen-bond donors (Lipinski definition) is 3. The molecule has 0 spiro atoms. The highest BCUT2D eigenvalue weighted by Crippen LogP contribution is 2.42. The van der Waals surface area contributed by atoms with E-state index in [0.717, 1.165) is 108 Å². The Balaban J connectivity index is 0.689. The summed E-state index contributed by atoms with van der Waals surface area (Å²) in [4.78, 5) is 67.9. The van der Waals surface area contributed by atoms with Crippen LogP contribution in [0.1, 0.15) is 73.4 Å². The molecule has 7 heterocycles. The van der Waals surface area contributed by atoms with Gasteiger partial charge >= 0.3 is 0 Å². The Bertz CT molecular complexity index is 2880. The fourth-order valence-electron chi connectivity index (χ4n) is 11.3. The molecular weight excluding hydrogens is 984 g/mol. The molecule has 3 N–H and O–H groups in total. The lowest BCUT2D eigenvalue weighted by molar-refractivity contribution is -0.136. The molecule has 5 aliphatic rings. The van der Waals surface area contributed by atoms with E-state index in [1.807, 2.05) is 24.3 Å². The van der Waals surface area contributed by atoms with Crippen LogP contribution in [0.25, 0.3) is 11.0 Å². The molecule has 374 valence electrons. The summed E-state index contributed by atoms with van der Waals surface area (Å²) in [6.45, 7) is 15.6. The number of rotatable bonds is 14. The molecule has 3 aromatic carbocycles. The van der Waals surface area contributed by atoms with Gasteiger partial charge in [-0.1, -0.05) is 13.0 Å². The average molecular weight is 1050 g/mol. The number of piperidine rings is 3. The molecule has 0 saturated carbocycles. The minimum absolute atomic E-state index is 0.114. The molecule has 2 aromatic heterocycles. The predicted molar refractivity (Wildman–Crippen MR) is 283 cm³/mol. The minimum Gasteiger partial charge on any atom is -0.494 e. The van der Waals surface area contributed by atoms with Crippen molar-refractivity contribution in [3.8, 4) is 5.75 Å². The van der Waals surface area contributed by atoms with E-state index < -0.39 is 13.2 Å². The van der Waals surface area contributed by atoms with Gasteiger partial charge in [-0.25, -0.2) is 4.98 Å². The Hall–Kier alpha value is -5.68. The summed E-state index contributed by atoms with van der Waals surface area (Å²) < 4.78 is 20.2. The van der Waals surface area contributed by atoms with Gasteiger partial charge in [0.05, 0.1) is 33.8 Å². The molecule has 5 aliphatic heterocycles. The summed E-state index contributed by atoms with van der Waals surface area (Å²) in [6.07, 6.45) is 12.2. The number of carbonyl (C=O) groups excluding carboxylic acids is 3. The maximum atomic E-state index is 13.6. The molecule has 1 atom stereocenters. The lowest BCUT2D eigenvalue weighted by atomic mass is 9.92. The molecular formula is C52H64BrN12O5P. The van der Waals surface area contributed by atoms with Crippen molar-refractivity contribution >= 4 is 91.6 Å². The maximum absolute atomic E-state index is 13.6. The number of nitrogens with one attached hydrogen (secondary N) is 3. The van der Waals surface area contributed by atoms with Crippen molar-refractivity contribution < 1.29 is 23.7 Å². The van der Waals surface area contributed by atoms with Gasteiger partial charge in [-0.2, -0.15) is 4.98 Å². The number of aryl methyl sites for hydroxylation is 1. The van der Waals surface area contributed by atoms with E-state index in [9.17, 15) is 18.9 Å². The Kier molecular flexibility index (Phi) is 14.3. The standard InChI is InChI=1S/C52H64BrN12O5P/c1-5-34-28-42(58-52-56-31-39(53)49(60-52)57-41-9-8-40-47(55-18-17-54-40)48(41)71(3,4)69)45(70-2)30-44(34)64-22-15-36(16-23-64)63-26-24-61(25-27-63)19-12-33-13-20-62(21-14-33)37-7-6-35-32-65(51(68)38(35)29-37)43-10-11-46(66)59-50(43)67/h6-9,17-18,28-31,33,36,43H,5,10-16,19-27,32H2,1-4H3,(H,59,66,67)(H2,56,57,58,60). The summed E-state index contributed by atoms with van der Waals surface area (Å²) in [5.41, 5.74) is 7.86.